The van der Waals surface area contributed by atoms with Crippen LogP contribution in [0.5, 0.6) is 0 Å². The zero-order valence-electron chi connectivity index (χ0n) is 9.94. The second-order valence-electron chi connectivity index (χ2n) is 3.54. The van der Waals surface area contributed by atoms with E-state index in [1.54, 1.807) is 6.08 Å². The van der Waals surface area contributed by atoms with Crippen LogP contribution in [-0.4, -0.2) is 32.1 Å². The molecule has 16 heavy (non-hydrogen) atoms. The van der Waals surface area contributed by atoms with Crippen LogP contribution in [0.4, 0.5) is 0 Å². The van der Waals surface area contributed by atoms with Crippen LogP contribution >= 0.6 is 0 Å². The number of amides is 1. The summed E-state index contributed by atoms with van der Waals surface area (Å²) in [7, 11) is 0. The van der Waals surface area contributed by atoms with Gasteiger partial charge in [0, 0.05) is 26.2 Å². The van der Waals surface area contributed by atoms with Gasteiger partial charge in [-0.2, -0.15) is 0 Å². The fourth-order valence-electron chi connectivity index (χ4n) is 0.913. The molecule has 0 unspecified atom stereocenters. The number of hydrogen-bond acceptors (Lipinski definition) is 3. The van der Waals surface area contributed by atoms with Gasteiger partial charge in [-0.1, -0.05) is 24.8 Å². The number of nitrogens with one attached hydrogen (secondary N) is 3. The minimum atomic E-state index is -0.179. The molecule has 0 spiro atoms. The largest absolute Gasteiger partial charge is 0.377 e. The molecule has 0 aromatic carbocycles. The fourth-order valence-corrected chi connectivity index (χ4v) is 0.913. The molecule has 0 aliphatic heterocycles. The first-order valence-electron chi connectivity index (χ1n) is 5.25. The Morgan fingerprint density at radius 2 is 1.94 bits per heavy atom. The topological polar surface area (TPSA) is 53.2 Å². The molecule has 0 radical (unpaired) electrons. The summed E-state index contributed by atoms with van der Waals surface area (Å²) in [6.07, 6.45) is 1.77. The molecule has 0 aliphatic carbocycles. The minimum Gasteiger partial charge on any atom is -0.377 e. The summed E-state index contributed by atoms with van der Waals surface area (Å²) in [6.45, 7) is 15.4. The van der Waals surface area contributed by atoms with Crippen molar-refractivity contribution in [2.24, 2.45) is 0 Å². The van der Waals surface area contributed by atoms with Gasteiger partial charge in [0.15, 0.2) is 0 Å². The highest BCUT2D eigenvalue weighted by Gasteiger charge is 2.04. The average Bonchev–Trinajstić information content (AvgIpc) is 2.25. The highest BCUT2D eigenvalue weighted by molar-refractivity contribution is 5.92. The van der Waals surface area contributed by atoms with Crippen molar-refractivity contribution in [1.82, 2.24) is 16.0 Å². The van der Waals surface area contributed by atoms with E-state index in [4.69, 9.17) is 0 Å². The maximum Gasteiger partial charge on any atom is 0.266 e. The van der Waals surface area contributed by atoms with Crippen molar-refractivity contribution in [3.63, 3.8) is 0 Å². The van der Waals surface area contributed by atoms with Crippen LogP contribution in [0.3, 0.4) is 0 Å². The van der Waals surface area contributed by atoms with E-state index in [1.807, 2.05) is 6.92 Å². The molecule has 4 heteroatoms. The van der Waals surface area contributed by atoms with Crippen molar-refractivity contribution < 1.29 is 4.79 Å². The van der Waals surface area contributed by atoms with E-state index in [0.29, 0.717) is 25.3 Å². The lowest BCUT2D eigenvalue weighted by Crippen LogP contribution is -2.36. The van der Waals surface area contributed by atoms with Crippen LogP contribution in [0.2, 0.25) is 0 Å². The number of hydrogen-bond donors (Lipinski definition) is 3. The first-order valence-corrected chi connectivity index (χ1v) is 5.25. The number of rotatable bonds is 9. The summed E-state index contributed by atoms with van der Waals surface area (Å²) in [5.74, 6) is -0.179. The predicted octanol–water partition coefficient (Wildman–Crippen LogP) is 0.558. The molecule has 4 nitrogen and oxygen atoms in total. The molecule has 1 amide bonds. The maximum atomic E-state index is 11.4. The summed E-state index contributed by atoms with van der Waals surface area (Å²) in [6, 6.07) is 0. The maximum absolute atomic E-state index is 11.4. The van der Waals surface area contributed by atoms with Crippen LogP contribution in [0.15, 0.2) is 37.1 Å². The SMILES string of the molecule is C=CCNCCNC(=O)C(=C)NCC(=C)C. The van der Waals surface area contributed by atoms with Gasteiger partial charge in [-0.05, 0) is 6.92 Å². The van der Waals surface area contributed by atoms with Gasteiger partial charge in [0.05, 0.1) is 5.70 Å². The van der Waals surface area contributed by atoms with Gasteiger partial charge < -0.3 is 16.0 Å². The number of carbonyl (C=O) groups excluding carboxylic acids is 1. The quantitative estimate of drug-likeness (QED) is 0.304. The third-order valence-corrected chi connectivity index (χ3v) is 1.75. The van der Waals surface area contributed by atoms with Crippen molar-refractivity contribution in [3.8, 4) is 0 Å². The molecular weight excluding hydrogens is 202 g/mol. The van der Waals surface area contributed by atoms with E-state index in [1.165, 1.54) is 0 Å². The minimum absolute atomic E-state index is 0.179. The second kappa shape index (κ2) is 8.73. The Kier molecular flexibility index (Phi) is 7.89. The Morgan fingerprint density at radius 3 is 2.50 bits per heavy atom. The Hall–Kier alpha value is -1.55. The molecular formula is C12H21N3O. The first kappa shape index (κ1) is 14.5. The van der Waals surface area contributed by atoms with E-state index in [0.717, 1.165) is 12.1 Å². The van der Waals surface area contributed by atoms with Crippen molar-refractivity contribution in [2.75, 3.05) is 26.2 Å². The molecule has 0 aliphatic rings. The van der Waals surface area contributed by atoms with E-state index >= 15 is 0 Å². The van der Waals surface area contributed by atoms with Crippen LogP contribution in [0.25, 0.3) is 0 Å². The van der Waals surface area contributed by atoms with E-state index in [2.05, 4.69) is 35.7 Å². The second-order valence-corrected chi connectivity index (χ2v) is 3.54. The Bertz CT molecular complexity index is 271. The monoisotopic (exact) mass is 223 g/mol. The molecule has 0 aromatic rings. The van der Waals surface area contributed by atoms with Gasteiger partial charge in [-0.25, -0.2) is 0 Å². The molecule has 0 bridgehead atoms. The molecule has 0 saturated heterocycles. The summed E-state index contributed by atoms with van der Waals surface area (Å²) >= 11 is 0. The highest BCUT2D eigenvalue weighted by atomic mass is 16.2. The molecule has 0 rings (SSSR count). The Balaban J connectivity index is 3.59. The summed E-state index contributed by atoms with van der Waals surface area (Å²) in [4.78, 5) is 11.4. The van der Waals surface area contributed by atoms with E-state index in [9.17, 15) is 4.79 Å². The fraction of sp³-hybridized carbons (Fsp3) is 0.417. The third kappa shape index (κ3) is 7.82. The smallest absolute Gasteiger partial charge is 0.266 e. The Labute approximate surface area is 97.5 Å². The van der Waals surface area contributed by atoms with Crippen molar-refractivity contribution in [3.05, 3.63) is 37.1 Å². The van der Waals surface area contributed by atoms with Crippen LogP contribution in [-0.2, 0) is 4.79 Å². The molecule has 0 fully saturated rings. The van der Waals surface area contributed by atoms with Gasteiger partial charge in [0.1, 0.15) is 0 Å². The molecule has 90 valence electrons. The first-order chi connectivity index (χ1) is 7.57. The highest BCUT2D eigenvalue weighted by Crippen LogP contribution is 1.88. The van der Waals surface area contributed by atoms with Crippen LogP contribution in [0.1, 0.15) is 6.92 Å². The van der Waals surface area contributed by atoms with Crippen molar-refractivity contribution >= 4 is 5.91 Å². The summed E-state index contributed by atoms with van der Waals surface area (Å²) in [5, 5.41) is 8.71. The summed E-state index contributed by atoms with van der Waals surface area (Å²) < 4.78 is 0. The standard InChI is InChI=1S/C12H21N3O/c1-5-6-13-7-8-14-12(16)11(4)15-9-10(2)3/h5,13,15H,1-2,4,6-9H2,3H3,(H,14,16). The average molecular weight is 223 g/mol. The molecule has 0 atom stereocenters. The van der Waals surface area contributed by atoms with Gasteiger partial charge in [-0.3, -0.25) is 4.79 Å². The lowest BCUT2D eigenvalue weighted by atomic mass is 10.3. The molecule has 0 heterocycles. The normalized spacial score (nSPS) is 9.31. The zero-order valence-corrected chi connectivity index (χ0v) is 9.94. The molecule has 0 saturated carbocycles. The number of carbonyl (C=O) groups is 1. The van der Waals surface area contributed by atoms with Crippen molar-refractivity contribution in [2.45, 2.75) is 6.92 Å². The Morgan fingerprint density at radius 1 is 1.25 bits per heavy atom. The lowest BCUT2D eigenvalue weighted by molar-refractivity contribution is -0.117. The lowest BCUT2D eigenvalue weighted by Gasteiger charge is -2.10. The van der Waals surface area contributed by atoms with Crippen LogP contribution < -0.4 is 16.0 Å². The van der Waals surface area contributed by atoms with Gasteiger partial charge in [-0.15, -0.1) is 6.58 Å². The predicted molar refractivity (Wildman–Crippen MR) is 68.0 cm³/mol. The van der Waals surface area contributed by atoms with Gasteiger partial charge in [0.2, 0.25) is 0 Å². The van der Waals surface area contributed by atoms with Gasteiger partial charge in [0.25, 0.3) is 5.91 Å². The molecule has 0 aromatic heterocycles. The van der Waals surface area contributed by atoms with Gasteiger partial charge >= 0.3 is 0 Å². The van der Waals surface area contributed by atoms with Crippen molar-refractivity contribution in [1.29, 1.82) is 0 Å². The molecule has 3 N–H and O–H groups in total. The third-order valence-electron chi connectivity index (χ3n) is 1.75. The van der Waals surface area contributed by atoms with E-state index in [-0.39, 0.29) is 5.91 Å². The van der Waals surface area contributed by atoms with E-state index < -0.39 is 0 Å². The zero-order chi connectivity index (χ0) is 12.4. The van der Waals surface area contributed by atoms with Crippen LogP contribution in [0, 0.1) is 0 Å². The summed E-state index contributed by atoms with van der Waals surface area (Å²) in [5.41, 5.74) is 1.33.